The van der Waals surface area contributed by atoms with Gasteiger partial charge < -0.3 is 5.32 Å². The van der Waals surface area contributed by atoms with Crippen molar-refractivity contribution in [1.29, 1.82) is 0 Å². The Bertz CT molecular complexity index is 700. The van der Waals surface area contributed by atoms with E-state index in [2.05, 4.69) is 28.5 Å². The molecule has 0 fully saturated rings. The number of aryl methyl sites for hydroxylation is 2. The minimum absolute atomic E-state index is 0.00677. The summed E-state index contributed by atoms with van der Waals surface area (Å²) < 4.78 is 0. The number of hydrogen-bond acceptors (Lipinski definition) is 4. The SMILES string of the molecule is CC(Nc1ncccc1[N+](=O)[O-])c1ccc2c(c1)CCCC2. The van der Waals surface area contributed by atoms with E-state index in [0.717, 1.165) is 18.4 Å². The number of rotatable bonds is 4. The maximum Gasteiger partial charge on any atom is 0.311 e. The molecular weight excluding hydrogens is 278 g/mol. The van der Waals surface area contributed by atoms with Gasteiger partial charge in [-0.05, 0) is 55.4 Å². The highest BCUT2D eigenvalue weighted by Gasteiger charge is 2.18. The molecule has 1 N–H and O–H groups in total. The summed E-state index contributed by atoms with van der Waals surface area (Å²) in [6, 6.07) is 9.54. The number of aromatic nitrogens is 1. The third-order valence-electron chi connectivity index (χ3n) is 4.21. The van der Waals surface area contributed by atoms with Crippen molar-refractivity contribution in [3.8, 4) is 0 Å². The molecule has 2 aromatic rings. The molecule has 0 saturated carbocycles. The molecule has 0 amide bonds. The Hall–Kier alpha value is -2.43. The van der Waals surface area contributed by atoms with Gasteiger partial charge in [0.25, 0.3) is 0 Å². The summed E-state index contributed by atoms with van der Waals surface area (Å²) in [5, 5.41) is 14.2. The normalized spacial score (nSPS) is 15.0. The minimum atomic E-state index is -0.408. The summed E-state index contributed by atoms with van der Waals surface area (Å²) in [5.41, 5.74) is 3.99. The van der Waals surface area contributed by atoms with E-state index < -0.39 is 4.92 Å². The van der Waals surface area contributed by atoms with Gasteiger partial charge in [-0.1, -0.05) is 18.2 Å². The number of nitrogens with one attached hydrogen (secondary N) is 1. The molecule has 1 aliphatic carbocycles. The molecule has 0 spiro atoms. The van der Waals surface area contributed by atoms with Gasteiger partial charge in [0.05, 0.1) is 11.0 Å². The van der Waals surface area contributed by atoms with Crippen LogP contribution in [0.2, 0.25) is 0 Å². The predicted octanol–water partition coefficient (Wildman–Crippen LogP) is 4.04. The topological polar surface area (TPSA) is 68.1 Å². The van der Waals surface area contributed by atoms with Gasteiger partial charge in [0.15, 0.2) is 0 Å². The second-order valence-electron chi connectivity index (χ2n) is 5.73. The molecule has 1 atom stereocenters. The van der Waals surface area contributed by atoms with Gasteiger partial charge >= 0.3 is 5.69 Å². The Morgan fingerprint density at radius 3 is 2.77 bits per heavy atom. The Morgan fingerprint density at radius 1 is 1.23 bits per heavy atom. The summed E-state index contributed by atoms with van der Waals surface area (Å²) in [6.45, 7) is 2.00. The molecule has 22 heavy (non-hydrogen) atoms. The highest BCUT2D eigenvalue weighted by Crippen LogP contribution is 2.28. The van der Waals surface area contributed by atoms with Gasteiger partial charge in [0.1, 0.15) is 0 Å². The summed E-state index contributed by atoms with van der Waals surface area (Å²) in [7, 11) is 0. The lowest BCUT2D eigenvalue weighted by molar-refractivity contribution is -0.384. The molecule has 1 aliphatic rings. The van der Waals surface area contributed by atoms with Crippen LogP contribution in [0, 0.1) is 10.1 Å². The zero-order chi connectivity index (χ0) is 15.5. The number of benzene rings is 1. The van der Waals surface area contributed by atoms with Crippen molar-refractivity contribution in [2.24, 2.45) is 0 Å². The lowest BCUT2D eigenvalue weighted by Crippen LogP contribution is -2.11. The van der Waals surface area contributed by atoms with Crippen molar-refractivity contribution >= 4 is 11.5 Å². The molecule has 5 nitrogen and oxygen atoms in total. The van der Waals surface area contributed by atoms with E-state index in [4.69, 9.17) is 0 Å². The van der Waals surface area contributed by atoms with Crippen LogP contribution < -0.4 is 5.32 Å². The van der Waals surface area contributed by atoms with Crippen molar-refractivity contribution in [3.63, 3.8) is 0 Å². The molecule has 114 valence electrons. The van der Waals surface area contributed by atoms with E-state index in [0.29, 0.717) is 5.82 Å². The first-order chi connectivity index (χ1) is 10.6. The first kappa shape index (κ1) is 14.5. The third kappa shape index (κ3) is 2.93. The number of pyridine rings is 1. The van der Waals surface area contributed by atoms with Gasteiger partial charge in [0.2, 0.25) is 5.82 Å². The van der Waals surface area contributed by atoms with E-state index in [1.54, 1.807) is 12.3 Å². The molecule has 3 rings (SSSR count). The molecule has 0 radical (unpaired) electrons. The van der Waals surface area contributed by atoms with Crippen LogP contribution in [-0.2, 0) is 12.8 Å². The number of anilines is 1. The molecule has 1 aromatic heterocycles. The van der Waals surface area contributed by atoms with E-state index in [1.807, 2.05) is 6.92 Å². The van der Waals surface area contributed by atoms with Gasteiger partial charge in [-0.15, -0.1) is 0 Å². The van der Waals surface area contributed by atoms with E-state index in [1.165, 1.54) is 30.0 Å². The van der Waals surface area contributed by atoms with Crippen molar-refractivity contribution in [2.75, 3.05) is 5.32 Å². The van der Waals surface area contributed by atoms with Crippen LogP contribution in [0.5, 0.6) is 0 Å². The van der Waals surface area contributed by atoms with Crippen molar-refractivity contribution in [3.05, 3.63) is 63.3 Å². The van der Waals surface area contributed by atoms with Crippen LogP contribution in [-0.4, -0.2) is 9.91 Å². The molecule has 5 heteroatoms. The molecule has 1 unspecified atom stereocenters. The second-order valence-corrected chi connectivity index (χ2v) is 5.73. The summed E-state index contributed by atoms with van der Waals surface area (Å²) >= 11 is 0. The van der Waals surface area contributed by atoms with Crippen LogP contribution in [0.25, 0.3) is 0 Å². The van der Waals surface area contributed by atoms with E-state index >= 15 is 0 Å². The van der Waals surface area contributed by atoms with Crippen LogP contribution in [0.4, 0.5) is 11.5 Å². The maximum atomic E-state index is 11.1. The van der Waals surface area contributed by atoms with Crippen molar-refractivity contribution in [1.82, 2.24) is 4.98 Å². The van der Waals surface area contributed by atoms with Gasteiger partial charge in [-0.25, -0.2) is 4.98 Å². The van der Waals surface area contributed by atoms with Crippen LogP contribution in [0.1, 0.15) is 42.5 Å². The third-order valence-corrected chi connectivity index (χ3v) is 4.21. The molecule has 1 aromatic carbocycles. The molecular formula is C17H19N3O2. The Morgan fingerprint density at radius 2 is 2.00 bits per heavy atom. The quantitative estimate of drug-likeness (QED) is 0.683. The first-order valence-corrected chi connectivity index (χ1v) is 7.63. The van der Waals surface area contributed by atoms with Crippen molar-refractivity contribution < 1.29 is 4.92 Å². The van der Waals surface area contributed by atoms with Crippen LogP contribution >= 0.6 is 0 Å². The molecule has 0 saturated heterocycles. The lowest BCUT2D eigenvalue weighted by Gasteiger charge is -2.20. The smallest absolute Gasteiger partial charge is 0.311 e. The highest BCUT2D eigenvalue weighted by molar-refractivity contribution is 5.56. The Labute approximate surface area is 129 Å². The number of nitrogens with zero attached hydrogens (tertiary/aromatic N) is 2. The number of hydrogen-bond donors (Lipinski definition) is 1. The monoisotopic (exact) mass is 297 g/mol. The summed E-state index contributed by atoms with van der Waals surface area (Å²) in [5.74, 6) is 0.317. The standard InChI is InChI=1S/C17H19N3O2/c1-12(19-17-16(20(21)22)7-4-10-18-17)14-9-8-13-5-2-3-6-15(13)11-14/h4,7-12H,2-3,5-6H2,1H3,(H,18,19). The number of nitro groups is 1. The number of fused-ring (bicyclic) bond motifs is 1. The highest BCUT2D eigenvalue weighted by atomic mass is 16.6. The zero-order valence-electron chi connectivity index (χ0n) is 12.6. The molecule has 0 bridgehead atoms. The summed E-state index contributed by atoms with van der Waals surface area (Å²) in [4.78, 5) is 14.7. The minimum Gasteiger partial charge on any atom is -0.358 e. The average molecular weight is 297 g/mol. The van der Waals surface area contributed by atoms with E-state index in [-0.39, 0.29) is 11.7 Å². The Balaban J connectivity index is 1.83. The first-order valence-electron chi connectivity index (χ1n) is 7.63. The molecule has 0 aliphatic heterocycles. The van der Waals surface area contributed by atoms with Crippen molar-refractivity contribution in [2.45, 2.75) is 38.6 Å². The van der Waals surface area contributed by atoms with Crippen LogP contribution in [0.15, 0.2) is 36.5 Å². The largest absolute Gasteiger partial charge is 0.358 e. The van der Waals surface area contributed by atoms with E-state index in [9.17, 15) is 10.1 Å². The maximum absolute atomic E-state index is 11.1. The average Bonchev–Trinajstić information content (AvgIpc) is 2.54. The van der Waals surface area contributed by atoms with Gasteiger partial charge in [-0.2, -0.15) is 0 Å². The predicted molar refractivity (Wildman–Crippen MR) is 86.0 cm³/mol. The van der Waals surface area contributed by atoms with Crippen LogP contribution in [0.3, 0.4) is 0 Å². The fourth-order valence-electron chi connectivity index (χ4n) is 2.97. The lowest BCUT2D eigenvalue weighted by atomic mass is 9.89. The zero-order valence-corrected chi connectivity index (χ0v) is 12.6. The fourth-order valence-corrected chi connectivity index (χ4v) is 2.97. The van der Waals surface area contributed by atoms with Gasteiger partial charge in [-0.3, -0.25) is 10.1 Å². The second kappa shape index (κ2) is 6.13. The summed E-state index contributed by atoms with van der Waals surface area (Å²) in [6.07, 6.45) is 6.35. The molecule has 1 heterocycles. The Kier molecular flexibility index (Phi) is 4.04. The fraction of sp³-hybridized carbons (Fsp3) is 0.353. The van der Waals surface area contributed by atoms with Gasteiger partial charge in [0, 0.05) is 12.3 Å².